The molecule has 5 nitrogen and oxygen atoms in total. The van der Waals surface area contributed by atoms with E-state index in [1.807, 2.05) is 0 Å². The molecule has 0 radical (unpaired) electrons. The van der Waals surface area contributed by atoms with Gasteiger partial charge in [-0.15, -0.1) is 13.2 Å². The Kier molecular flexibility index (Phi) is 5.58. The lowest BCUT2D eigenvalue weighted by atomic mass is 9.95. The number of benzene rings is 2. The molecule has 0 unspecified atom stereocenters. The second-order valence-electron chi connectivity index (χ2n) is 6.51. The molecule has 1 heterocycles. The zero-order chi connectivity index (χ0) is 20.3. The summed E-state index contributed by atoms with van der Waals surface area (Å²) in [6, 6.07) is 10.6. The number of rotatable bonds is 5. The van der Waals surface area contributed by atoms with Crippen molar-refractivity contribution in [1.82, 2.24) is 0 Å². The molecule has 0 atom stereocenters. The molecule has 2 amide bonds. The number of carbonyl (C=O) groups is 2. The molecule has 0 fully saturated rings. The maximum Gasteiger partial charge on any atom is 0.573 e. The third-order valence-corrected chi connectivity index (χ3v) is 4.60. The quantitative estimate of drug-likeness (QED) is 0.845. The number of alkyl halides is 3. The van der Waals surface area contributed by atoms with Gasteiger partial charge in [-0.25, -0.2) is 0 Å². The summed E-state index contributed by atoms with van der Waals surface area (Å²) in [6.45, 7) is 0.548. The molecular weight excluding hydrogens is 373 g/mol. The van der Waals surface area contributed by atoms with Crippen molar-refractivity contribution in [3.8, 4) is 5.75 Å². The highest BCUT2D eigenvalue weighted by Crippen LogP contribution is 2.30. The average molecular weight is 392 g/mol. The Hall–Kier alpha value is -3.03. The lowest BCUT2D eigenvalue weighted by molar-refractivity contribution is -0.274. The maximum atomic E-state index is 12.7. The average Bonchev–Trinajstić information content (AvgIpc) is 2.65. The van der Waals surface area contributed by atoms with Gasteiger partial charge in [-0.3, -0.25) is 9.59 Å². The minimum atomic E-state index is -4.73. The molecule has 0 saturated carbocycles. The van der Waals surface area contributed by atoms with Crippen molar-refractivity contribution in [2.45, 2.75) is 32.0 Å². The van der Waals surface area contributed by atoms with Crippen LogP contribution >= 0.6 is 0 Å². The van der Waals surface area contributed by atoms with E-state index in [4.69, 9.17) is 5.73 Å². The summed E-state index contributed by atoms with van der Waals surface area (Å²) in [7, 11) is 0. The van der Waals surface area contributed by atoms with Crippen molar-refractivity contribution < 1.29 is 27.5 Å². The molecule has 1 aliphatic rings. The van der Waals surface area contributed by atoms with Crippen molar-refractivity contribution in [3.63, 3.8) is 0 Å². The Morgan fingerprint density at radius 1 is 1.11 bits per heavy atom. The number of hydrogen-bond donors (Lipinski definition) is 1. The van der Waals surface area contributed by atoms with Gasteiger partial charge in [-0.2, -0.15) is 0 Å². The van der Waals surface area contributed by atoms with E-state index in [-0.39, 0.29) is 18.1 Å². The fraction of sp³-hybridized carbons (Fsp3) is 0.300. The number of ether oxygens (including phenoxy) is 1. The molecule has 3 rings (SSSR count). The highest BCUT2D eigenvalue weighted by Gasteiger charge is 2.31. The smallest absolute Gasteiger partial charge is 0.406 e. The van der Waals surface area contributed by atoms with E-state index in [9.17, 15) is 22.8 Å². The Bertz CT molecular complexity index is 879. The van der Waals surface area contributed by atoms with Crippen molar-refractivity contribution >= 4 is 17.5 Å². The van der Waals surface area contributed by atoms with Gasteiger partial charge in [-0.05, 0) is 54.7 Å². The maximum absolute atomic E-state index is 12.7. The molecule has 0 saturated heterocycles. The molecule has 2 N–H and O–H groups in total. The molecule has 0 bridgehead atoms. The first kappa shape index (κ1) is 19.7. The molecule has 8 heteroatoms. The summed E-state index contributed by atoms with van der Waals surface area (Å²) in [5.41, 5.74) is 8.05. The van der Waals surface area contributed by atoms with Gasteiger partial charge < -0.3 is 15.4 Å². The minimum Gasteiger partial charge on any atom is -0.406 e. The first-order valence-electron chi connectivity index (χ1n) is 8.81. The third-order valence-electron chi connectivity index (χ3n) is 4.60. The zero-order valence-electron chi connectivity index (χ0n) is 15.0. The van der Waals surface area contributed by atoms with E-state index >= 15 is 0 Å². The van der Waals surface area contributed by atoms with Gasteiger partial charge in [0.2, 0.25) is 11.8 Å². The van der Waals surface area contributed by atoms with Crippen LogP contribution < -0.4 is 15.4 Å². The number of anilines is 1. The first-order valence-corrected chi connectivity index (χ1v) is 8.81. The lowest BCUT2D eigenvalue weighted by Crippen LogP contribution is -2.36. The van der Waals surface area contributed by atoms with E-state index < -0.39 is 12.3 Å². The number of carbonyl (C=O) groups excluding carboxylic acids is 2. The molecule has 148 valence electrons. The van der Waals surface area contributed by atoms with E-state index in [0.717, 1.165) is 17.5 Å². The predicted molar refractivity (Wildman–Crippen MR) is 97.1 cm³/mol. The molecular formula is C20H19F3N2O3. The highest BCUT2D eigenvalue weighted by atomic mass is 19.4. The van der Waals surface area contributed by atoms with Crippen LogP contribution in [0.5, 0.6) is 5.75 Å². The van der Waals surface area contributed by atoms with Crippen molar-refractivity contribution in [1.29, 1.82) is 0 Å². The Morgan fingerprint density at radius 3 is 2.46 bits per heavy atom. The van der Waals surface area contributed by atoms with Crippen molar-refractivity contribution in [3.05, 3.63) is 59.2 Å². The van der Waals surface area contributed by atoms with Crippen molar-refractivity contribution in [2.75, 3.05) is 11.4 Å². The fourth-order valence-corrected chi connectivity index (χ4v) is 3.36. The molecule has 0 aliphatic carbocycles. The molecule has 28 heavy (non-hydrogen) atoms. The number of nitrogens with zero attached hydrogens (tertiary/aromatic N) is 1. The SMILES string of the molecule is NC(=O)c1cccc2c1CCCN2C(=O)CCc1ccc(OC(F)(F)F)cc1. The number of hydrogen-bond acceptors (Lipinski definition) is 3. The monoisotopic (exact) mass is 392 g/mol. The summed E-state index contributed by atoms with van der Waals surface area (Å²) in [5.74, 6) is -0.933. The molecule has 2 aromatic rings. The molecule has 0 spiro atoms. The highest BCUT2D eigenvalue weighted by molar-refractivity contribution is 6.00. The van der Waals surface area contributed by atoms with Crippen LogP contribution in [0.25, 0.3) is 0 Å². The van der Waals surface area contributed by atoms with Crippen LogP contribution in [0.2, 0.25) is 0 Å². The Labute approximate surface area is 159 Å². The van der Waals surface area contributed by atoms with Gasteiger partial charge in [-0.1, -0.05) is 18.2 Å². The van der Waals surface area contributed by atoms with Crippen LogP contribution in [0.3, 0.4) is 0 Å². The van der Waals surface area contributed by atoms with E-state index in [1.54, 1.807) is 23.1 Å². The van der Waals surface area contributed by atoms with Gasteiger partial charge in [0.05, 0.1) is 0 Å². The van der Waals surface area contributed by atoms with Crippen LogP contribution in [0.1, 0.15) is 34.3 Å². The number of amides is 2. The summed E-state index contributed by atoms with van der Waals surface area (Å²) in [4.78, 5) is 26.0. The van der Waals surface area contributed by atoms with E-state index in [2.05, 4.69) is 4.74 Å². The minimum absolute atomic E-state index is 0.113. The van der Waals surface area contributed by atoms with Crippen LogP contribution in [-0.4, -0.2) is 24.7 Å². The molecule has 0 aromatic heterocycles. The molecule has 1 aliphatic heterocycles. The fourth-order valence-electron chi connectivity index (χ4n) is 3.36. The Balaban J connectivity index is 1.67. The summed E-state index contributed by atoms with van der Waals surface area (Å²) >= 11 is 0. The molecule has 2 aromatic carbocycles. The van der Waals surface area contributed by atoms with Gasteiger partial charge in [0, 0.05) is 24.2 Å². The topological polar surface area (TPSA) is 72.6 Å². The van der Waals surface area contributed by atoms with Gasteiger partial charge in [0.25, 0.3) is 0 Å². The van der Waals surface area contributed by atoms with Crippen LogP contribution in [-0.2, 0) is 17.6 Å². The summed E-state index contributed by atoms with van der Waals surface area (Å²) < 4.78 is 40.4. The number of fused-ring (bicyclic) bond motifs is 1. The zero-order valence-corrected chi connectivity index (χ0v) is 15.0. The van der Waals surface area contributed by atoms with Gasteiger partial charge in [0.1, 0.15) is 5.75 Å². The standard InChI is InChI=1S/C20H19F3N2O3/c21-20(22,23)28-14-9-6-13(7-10-14)8-11-18(26)25-12-2-4-15-16(19(24)27)3-1-5-17(15)25/h1,3,5-7,9-10H,2,4,8,11-12H2,(H2,24,27). The second-order valence-corrected chi connectivity index (χ2v) is 6.51. The number of nitrogens with two attached hydrogens (primary N) is 1. The largest absolute Gasteiger partial charge is 0.573 e. The van der Waals surface area contributed by atoms with Crippen molar-refractivity contribution in [2.24, 2.45) is 5.73 Å². The number of aryl methyl sites for hydroxylation is 1. The Morgan fingerprint density at radius 2 is 1.82 bits per heavy atom. The van der Waals surface area contributed by atoms with Crippen LogP contribution in [0, 0.1) is 0 Å². The number of primary amides is 1. The predicted octanol–water partition coefficient (Wildman–Crippen LogP) is 3.60. The van der Waals surface area contributed by atoms with Gasteiger partial charge in [0.15, 0.2) is 0 Å². The summed E-state index contributed by atoms with van der Waals surface area (Å²) in [6.07, 6.45) is -2.75. The normalized spacial score (nSPS) is 13.8. The lowest BCUT2D eigenvalue weighted by Gasteiger charge is -2.30. The first-order chi connectivity index (χ1) is 13.2. The van der Waals surface area contributed by atoms with Crippen LogP contribution in [0.15, 0.2) is 42.5 Å². The van der Waals surface area contributed by atoms with E-state index in [0.29, 0.717) is 30.6 Å². The van der Waals surface area contributed by atoms with Gasteiger partial charge >= 0.3 is 6.36 Å². The summed E-state index contributed by atoms with van der Waals surface area (Å²) in [5, 5.41) is 0. The van der Waals surface area contributed by atoms with E-state index in [1.165, 1.54) is 24.3 Å². The van der Waals surface area contributed by atoms with Crippen LogP contribution in [0.4, 0.5) is 18.9 Å². The number of halogens is 3. The second kappa shape index (κ2) is 7.92. The third kappa shape index (κ3) is 4.62.